The standard InChI is InChI=1S/C25H30FN7O2/c1-13(2)33-14(3)27-21-19(26)9-16(10-20(21)33)18-7-8-32-22(18)23(35-6)29-24(31-32)28-17-11-25(5,12-17)30-15(4)34/h7-10,13,17H,11-12H2,1-6H3,(H,28,31)(H,30,34). The molecule has 0 unspecified atom stereocenters. The summed E-state index contributed by atoms with van der Waals surface area (Å²) in [5.74, 6) is 1.19. The zero-order valence-corrected chi connectivity index (χ0v) is 20.8. The molecular formula is C25H30FN7O2. The van der Waals surface area contributed by atoms with Gasteiger partial charge in [-0.05, 0) is 64.3 Å². The Labute approximate surface area is 202 Å². The second kappa shape index (κ2) is 8.21. The number of fused-ring (bicyclic) bond motifs is 2. The molecule has 0 atom stereocenters. The molecule has 184 valence electrons. The highest BCUT2D eigenvalue weighted by Gasteiger charge is 2.41. The smallest absolute Gasteiger partial charge is 0.244 e. The van der Waals surface area contributed by atoms with Gasteiger partial charge in [-0.15, -0.1) is 5.10 Å². The lowest BCUT2D eigenvalue weighted by Gasteiger charge is -2.45. The first-order chi connectivity index (χ1) is 16.6. The summed E-state index contributed by atoms with van der Waals surface area (Å²) in [5.41, 5.74) is 3.02. The zero-order valence-electron chi connectivity index (χ0n) is 20.8. The van der Waals surface area contributed by atoms with Crippen molar-refractivity contribution in [3.05, 3.63) is 36.0 Å². The number of ether oxygens (including phenoxy) is 1. The molecule has 10 heteroatoms. The van der Waals surface area contributed by atoms with E-state index in [-0.39, 0.29) is 29.3 Å². The van der Waals surface area contributed by atoms with E-state index in [1.807, 2.05) is 36.7 Å². The van der Waals surface area contributed by atoms with Gasteiger partial charge in [0.25, 0.3) is 0 Å². The van der Waals surface area contributed by atoms with Crippen LogP contribution < -0.4 is 15.4 Å². The minimum absolute atomic E-state index is 0.0358. The average Bonchev–Trinajstić information content (AvgIpc) is 3.32. The van der Waals surface area contributed by atoms with Gasteiger partial charge in [0, 0.05) is 36.3 Å². The number of rotatable bonds is 6. The predicted molar refractivity (Wildman–Crippen MR) is 132 cm³/mol. The molecule has 1 fully saturated rings. The highest BCUT2D eigenvalue weighted by Crippen LogP contribution is 2.37. The van der Waals surface area contributed by atoms with Crippen molar-refractivity contribution in [1.29, 1.82) is 0 Å². The van der Waals surface area contributed by atoms with Gasteiger partial charge in [0.1, 0.15) is 16.9 Å². The lowest BCUT2D eigenvalue weighted by Crippen LogP contribution is -2.59. The maximum atomic E-state index is 15.1. The van der Waals surface area contributed by atoms with Gasteiger partial charge in [-0.2, -0.15) is 4.98 Å². The third kappa shape index (κ3) is 3.96. The van der Waals surface area contributed by atoms with Crippen molar-refractivity contribution in [2.45, 2.75) is 65.1 Å². The van der Waals surface area contributed by atoms with Gasteiger partial charge in [-0.1, -0.05) is 0 Å². The Balaban J connectivity index is 1.51. The van der Waals surface area contributed by atoms with E-state index in [0.717, 1.165) is 29.7 Å². The third-order valence-electron chi connectivity index (χ3n) is 6.63. The third-order valence-corrected chi connectivity index (χ3v) is 6.63. The molecule has 1 amide bonds. The average molecular weight is 480 g/mol. The van der Waals surface area contributed by atoms with E-state index >= 15 is 4.39 Å². The lowest BCUT2D eigenvalue weighted by molar-refractivity contribution is -0.121. The van der Waals surface area contributed by atoms with E-state index < -0.39 is 0 Å². The molecule has 0 radical (unpaired) electrons. The number of aryl methyl sites for hydroxylation is 1. The second-order valence-electron chi connectivity index (χ2n) is 9.91. The summed E-state index contributed by atoms with van der Waals surface area (Å²) >= 11 is 0. The Morgan fingerprint density at radius 3 is 2.69 bits per heavy atom. The maximum absolute atomic E-state index is 15.1. The number of methoxy groups -OCH3 is 1. The molecule has 1 aliphatic carbocycles. The van der Waals surface area contributed by atoms with E-state index in [4.69, 9.17) is 4.74 Å². The summed E-state index contributed by atoms with van der Waals surface area (Å²) in [6.07, 6.45) is 3.36. The summed E-state index contributed by atoms with van der Waals surface area (Å²) in [5, 5.41) is 10.9. The number of anilines is 1. The van der Waals surface area contributed by atoms with E-state index in [0.29, 0.717) is 28.4 Å². The van der Waals surface area contributed by atoms with Crippen LogP contribution in [0.25, 0.3) is 27.7 Å². The highest BCUT2D eigenvalue weighted by molar-refractivity contribution is 5.90. The first-order valence-electron chi connectivity index (χ1n) is 11.8. The number of hydrogen-bond acceptors (Lipinski definition) is 6. The first kappa shape index (κ1) is 23.1. The van der Waals surface area contributed by atoms with E-state index in [9.17, 15) is 4.79 Å². The Morgan fingerprint density at radius 2 is 2.03 bits per heavy atom. The van der Waals surface area contributed by atoms with Crippen LogP contribution >= 0.6 is 0 Å². The van der Waals surface area contributed by atoms with Crippen LogP contribution in [0.1, 0.15) is 52.4 Å². The number of hydrogen-bond donors (Lipinski definition) is 2. The van der Waals surface area contributed by atoms with Crippen molar-refractivity contribution in [3.8, 4) is 17.0 Å². The molecule has 9 nitrogen and oxygen atoms in total. The summed E-state index contributed by atoms with van der Waals surface area (Å²) in [6.45, 7) is 9.55. The number of imidazole rings is 1. The first-order valence-corrected chi connectivity index (χ1v) is 11.8. The van der Waals surface area contributed by atoms with Crippen molar-refractivity contribution in [1.82, 2.24) is 29.5 Å². The fraction of sp³-hybridized carbons (Fsp3) is 0.440. The molecular weight excluding hydrogens is 449 g/mol. The molecule has 2 N–H and O–H groups in total. The van der Waals surface area contributed by atoms with Gasteiger partial charge >= 0.3 is 0 Å². The van der Waals surface area contributed by atoms with Gasteiger partial charge in [0.15, 0.2) is 5.82 Å². The molecule has 3 heterocycles. The molecule has 0 bridgehead atoms. The Morgan fingerprint density at radius 1 is 1.29 bits per heavy atom. The Kier molecular flexibility index (Phi) is 5.41. The zero-order chi connectivity index (χ0) is 25.1. The van der Waals surface area contributed by atoms with Crippen molar-refractivity contribution in [3.63, 3.8) is 0 Å². The van der Waals surface area contributed by atoms with Crippen LogP contribution in [0.2, 0.25) is 0 Å². The minimum atomic E-state index is -0.371. The predicted octanol–water partition coefficient (Wildman–Crippen LogP) is 4.25. The largest absolute Gasteiger partial charge is 0.479 e. The fourth-order valence-corrected chi connectivity index (χ4v) is 5.34. The van der Waals surface area contributed by atoms with Crippen molar-refractivity contribution in [2.24, 2.45) is 0 Å². The Hall–Kier alpha value is -3.69. The van der Waals surface area contributed by atoms with Crippen LogP contribution in [-0.4, -0.2) is 48.7 Å². The monoisotopic (exact) mass is 479 g/mol. The van der Waals surface area contributed by atoms with Gasteiger partial charge < -0.3 is 19.9 Å². The van der Waals surface area contributed by atoms with Crippen LogP contribution in [-0.2, 0) is 4.79 Å². The van der Waals surface area contributed by atoms with Crippen LogP contribution in [0.3, 0.4) is 0 Å². The topological polar surface area (TPSA) is 98.4 Å². The molecule has 35 heavy (non-hydrogen) atoms. The molecule has 1 aromatic carbocycles. The van der Waals surface area contributed by atoms with E-state index in [1.54, 1.807) is 11.6 Å². The molecule has 3 aromatic heterocycles. The molecule has 5 rings (SSSR count). The number of carbonyl (C=O) groups excluding carboxylic acids is 1. The van der Waals surface area contributed by atoms with Gasteiger partial charge in [0.05, 0.1) is 12.6 Å². The van der Waals surface area contributed by atoms with Crippen molar-refractivity contribution in [2.75, 3.05) is 12.4 Å². The van der Waals surface area contributed by atoms with Gasteiger partial charge in [-0.3, -0.25) is 4.79 Å². The minimum Gasteiger partial charge on any atom is -0.479 e. The number of amides is 1. The summed E-state index contributed by atoms with van der Waals surface area (Å²) < 4.78 is 24.4. The van der Waals surface area contributed by atoms with Gasteiger partial charge in [0.2, 0.25) is 17.7 Å². The number of nitrogens with zero attached hydrogens (tertiary/aromatic N) is 5. The van der Waals surface area contributed by atoms with Crippen molar-refractivity contribution < 1.29 is 13.9 Å². The Bertz CT molecular complexity index is 1450. The SMILES string of the molecule is COc1nc(NC2CC(C)(NC(C)=O)C2)nn2ccc(-c3cc(F)c4nc(C)n(C(C)C)c4c3)c12. The molecule has 4 aromatic rings. The number of nitrogens with one attached hydrogen (secondary N) is 2. The maximum Gasteiger partial charge on any atom is 0.244 e. The molecule has 0 spiro atoms. The number of aromatic nitrogens is 5. The number of benzene rings is 1. The summed E-state index contributed by atoms with van der Waals surface area (Å²) in [4.78, 5) is 20.4. The van der Waals surface area contributed by atoms with Crippen LogP contribution in [0, 0.1) is 12.7 Å². The number of halogens is 1. The van der Waals surface area contributed by atoms with Gasteiger partial charge in [-0.25, -0.2) is 13.9 Å². The van der Waals surface area contributed by atoms with Crippen LogP contribution in [0.4, 0.5) is 10.3 Å². The quantitative estimate of drug-likeness (QED) is 0.429. The molecule has 1 saturated carbocycles. The second-order valence-corrected chi connectivity index (χ2v) is 9.91. The van der Waals surface area contributed by atoms with E-state index in [1.165, 1.54) is 13.0 Å². The van der Waals surface area contributed by atoms with Crippen LogP contribution in [0.5, 0.6) is 5.88 Å². The number of carbonyl (C=O) groups is 1. The summed E-state index contributed by atoms with van der Waals surface area (Å²) in [6, 6.07) is 5.62. The van der Waals surface area contributed by atoms with E-state index in [2.05, 4.69) is 39.5 Å². The normalized spacial score (nSPS) is 19.8. The molecule has 0 aliphatic heterocycles. The highest BCUT2D eigenvalue weighted by atomic mass is 19.1. The fourth-order valence-electron chi connectivity index (χ4n) is 5.34. The summed E-state index contributed by atoms with van der Waals surface area (Å²) in [7, 11) is 1.56. The van der Waals surface area contributed by atoms with Crippen molar-refractivity contribution >= 4 is 28.4 Å². The lowest BCUT2D eigenvalue weighted by atomic mass is 9.74. The van der Waals surface area contributed by atoms with Crippen LogP contribution in [0.15, 0.2) is 24.4 Å². The molecule has 0 saturated heterocycles. The molecule has 1 aliphatic rings.